The van der Waals surface area contributed by atoms with Gasteiger partial charge in [0.15, 0.2) is 0 Å². The van der Waals surface area contributed by atoms with Crippen molar-refractivity contribution in [2.45, 2.75) is 18.9 Å². The average Bonchev–Trinajstić information content (AvgIpc) is 2.95. The van der Waals surface area contributed by atoms with Crippen LogP contribution in [-0.4, -0.2) is 35.3 Å². The van der Waals surface area contributed by atoms with Crippen LogP contribution in [-0.2, 0) is 11.2 Å². The number of amides is 2. The Morgan fingerprint density at radius 3 is 2.96 bits per heavy atom. The number of benzene rings is 1. The predicted octanol–water partition coefficient (Wildman–Crippen LogP) is 2.10. The Morgan fingerprint density at radius 2 is 2.23 bits per heavy atom. The van der Waals surface area contributed by atoms with E-state index in [-0.39, 0.29) is 30.2 Å². The summed E-state index contributed by atoms with van der Waals surface area (Å²) in [4.78, 5) is 30.5. The molecule has 6 heteroatoms. The van der Waals surface area contributed by atoms with Crippen molar-refractivity contribution >= 4 is 11.8 Å². The van der Waals surface area contributed by atoms with Gasteiger partial charge in [0.2, 0.25) is 5.91 Å². The summed E-state index contributed by atoms with van der Waals surface area (Å²) in [7, 11) is 1.78. The number of aromatic nitrogens is 1. The first-order valence-electron chi connectivity index (χ1n) is 8.50. The minimum Gasteiger partial charge on any atom is -0.352 e. The van der Waals surface area contributed by atoms with Gasteiger partial charge >= 0.3 is 0 Å². The third kappa shape index (κ3) is 3.72. The van der Waals surface area contributed by atoms with Crippen molar-refractivity contribution in [1.29, 1.82) is 5.26 Å². The fraction of sp³-hybridized carbons (Fsp3) is 0.300. The molecular formula is C20H20N4O2. The smallest absolute Gasteiger partial charge is 0.251 e. The van der Waals surface area contributed by atoms with E-state index in [9.17, 15) is 9.59 Å². The van der Waals surface area contributed by atoms with Crippen LogP contribution in [0.25, 0.3) is 0 Å². The molecule has 1 aliphatic heterocycles. The first-order chi connectivity index (χ1) is 12.6. The molecule has 1 fully saturated rings. The lowest BCUT2D eigenvalue weighted by Crippen LogP contribution is -2.32. The molecule has 2 aromatic rings. The molecule has 0 unspecified atom stereocenters. The molecule has 1 aromatic heterocycles. The topological polar surface area (TPSA) is 86.1 Å². The Hall–Kier alpha value is -3.20. The second-order valence-electron chi connectivity index (χ2n) is 6.45. The fourth-order valence-corrected chi connectivity index (χ4v) is 3.42. The van der Waals surface area contributed by atoms with Crippen molar-refractivity contribution in [2.75, 3.05) is 13.6 Å². The Kier molecular flexibility index (Phi) is 5.28. The lowest BCUT2D eigenvalue weighted by atomic mass is 9.94. The van der Waals surface area contributed by atoms with Crippen LogP contribution in [0.5, 0.6) is 0 Å². The summed E-state index contributed by atoms with van der Waals surface area (Å²) in [6, 6.07) is 12.8. The number of likely N-dealkylation sites (tertiary alicyclic amines) is 1. The summed E-state index contributed by atoms with van der Waals surface area (Å²) in [5.74, 6) is -0.145. The number of rotatable bonds is 5. The minimum atomic E-state index is -0.197. The number of nitriles is 1. The Morgan fingerprint density at radius 1 is 1.38 bits per heavy atom. The number of carbonyl (C=O) groups excluding carboxylic acids is 2. The Bertz CT molecular complexity index is 844. The summed E-state index contributed by atoms with van der Waals surface area (Å²) in [6.45, 7) is 0.400. The van der Waals surface area contributed by atoms with Gasteiger partial charge in [0.05, 0.1) is 18.5 Å². The quantitative estimate of drug-likeness (QED) is 0.896. The van der Waals surface area contributed by atoms with Crippen LogP contribution in [0.15, 0.2) is 48.8 Å². The van der Waals surface area contributed by atoms with E-state index in [0.717, 1.165) is 11.1 Å². The molecule has 0 aliphatic carbocycles. The monoisotopic (exact) mass is 348 g/mol. The fourth-order valence-electron chi connectivity index (χ4n) is 3.42. The van der Waals surface area contributed by atoms with Crippen LogP contribution in [0.4, 0.5) is 0 Å². The Balaban J connectivity index is 1.70. The van der Waals surface area contributed by atoms with Crippen molar-refractivity contribution in [1.82, 2.24) is 15.2 Å². The van der Waals surface area contributed by atoms with Crippen LogP contribution < -0.4 is 5.32 Å². The SMILES string of the molecule is CN1C(=O)C[C@@H](CNC(=O)c2cccc(CC#N)c2)[C@@H]1c1cccnc1. The summed E-state index contributed by atoms with van der Waals surface area (Å²) < 4.78 is 0. The summed E-state index contributed by atoms with van der Waals surface area (Å²) >= 11 is 0. The maximum atomic E-state index is 12.5. The third-order valence-corrected chi connectivity index (χ3v) is 4.72. The summed E-state index contributed by atoms with van der Waals surface area (Å²) in [6.07, 6.45) is 4.13. The van der Waals surface area contributed by atoms with Gasteiger partial charge < -0.3 is 10.2 Å². The summed E-state index contributed by atoms with van der Waals surface area (Å²) in [5, 5.41) is 11.7. The van der Waals surface area contributed by atoms with Gasteiger partial charge in [-0.3, -0.25) is 14.6 Å². The highest BCUT2D eigenvalue weighted by Gasteiger charge is 2.38. The molecule has 0 radical (unpaired) electrons. The molecule has 0 spiro atoms. The lowest BCUT2D eigenvalue weighted by molar-refractivity contribution is -0.127. The maximum Gasteiger partial charge on any atom is 0.251 e. The third-order valence-electron chi connectivity index (χ3n) is 4.72. The molecule has 2 amide bonds. The van der Waals surface area contributed by atoms with Gasteiger partial charge in [-0.05, 0) is 29.3 Å². The zero-order valence-electron chi connectivity index (χ0n) is 14.6. The van der Waals surface area contributed by atoms with Gasteiger partial charge in [-0.1, -0.05) is 18.2 Å². The standard InChI is InChI=1S/C20H20N4O2/c1-24-18(25)11-17(19(24)16-6-3-9-22-12-16)13-23-20(26)15-5-2-4-14(10-15)7-8-21/h2-6,9-10,12,17,19H,7,11,13H2,1H3,(H,23,26)/t17-,19-/m0/s1. The molecule has 1 saturated heterocycles. The Labute approximate surface area is 152 Å². The van der Waals surface area contributed by atoms with E-state index in [1.54, 1.807) is 42.5 Å². The molecular weight excluding hydrogens is 328 g/mol. The van der Waals surface area contributed by atoms with E-state index in [1.807, 2.05) is 18.2 Å². The van der Waals surface area contributed by atoms with Crippen molar-refractivity contribution < 1.29 is 9.59 Å². The molecule has 1 aliphatic rings. The molecule has 26 heavy (non-hydrogen) atoms. The zero-order valence-corrected chi connectivity index (χ0v) is 14.6. The predicted molar refractivity (Wildman–Crippen MR) is 95.9 cm³/mol. The first kappa shape index (κ1) is 17.6. The highest BCUT2D eigenvalue weighted by Crippen LogP contribution is 2.36. The van der Waals surface area contributed by atoms with Crippen LogP contribution in [0.1, 0.15) is 33.9 Å². The lowest BCUT2D eigenvalue weighted by Gasteiger charge is -2.25. The van der Waals surface area contributed by atoms with E-state index in [0.29, 0.717) is 18.5 Å². The van der Waals surface area contributed by atoms with E-state index >= 15 is 0 Å². The molecule has 0 bridgehead atoms. The molecule has 0 saturated carbocycles. The number of nitrogens with one attached hydrogen (secondary N) is 1. The second kappa shape index (κ2) is 7.79. The highest BCUT2D eigenvalue weighted by molar-refractivity contribution is 5.94. The van der Waals surface area contributed by atoms with Crippen molar-refractivity contribution in [3.63, 3.8) is 0 Å². The molecule has 2 heterocycles. The van der Waals surface area contributed by atoms with Crippen molar-refractivity contribution in [3.8, 4) is 6.07 Å². The molecule has 2 atom stereocenters. The van der Waals surface area contributed by atoms with Gasteiger partial charge in [0.1, 0.15) is 0 Å². The van der Waals surface area contributed by atoms with Gasteiger partial charge in [-0.2, -0.15) is 5.26 Å². The maximum absolute atomic E-state index is 12.5. The molecule has 1 aromatic carbocycles. The van der Waals surface area contributed by atoms with Gasteiger partial charge in [-0.15, -0.1) is 0 Å². The molecule has 132 valence electrons. The van der Waals surface area contributed by atoms with E-state index in [4.69, 9.17) is 5.26 Å². The van der Waals surface area contributed by atoms with Crippen molar-refractivity contribution in [2.24, 2.45) is 5.92 Å². The van der Waals surface area contributed by atoms with Crippen LogP contribution in [0.3, 0.4) is 0 Å². The van der Waals surface area contributed by atoms with E-state index < -0.39 is 0 Å². The van der Waals surface area contributed by atoms with Gasteiger partial charge in [-0.25, -0.2) is 0 Å². The number of hydrogen-bond donors (Lipinski definition) is 1. The minimum absolute atomic E-state index is 0.0112. The average molecular weight is 348 g/mol. The normalized spacial score (nSPS) is 19.2. The zero-order chi connectivity index (χ0) is 18.5. The number of pyridine rings is 1. The second-order valence-corrected chi connectivity index (χ2v) is 6.45. The number of carbonyl (C=O) groups is 2. The summed E-state index contributed by atoms with van der Waals surface area (Å²) in [5.41, 5.74) is 2.30. The molecule has 6 nitrogen and oxygen atoms in total. The van der Waals surface area contributed by atoms with Crippen LogP contribution >= 0.6 is 0 Å². The van der Waals surface area contributed by atoms with E-state index in [2.05, 4.69) is 16.4 Å². The van der Waals surface area contributed by atoms with Crippen LogP contribution in [0, 0.1) is 17.2 Å². The first-order valence-corrected chi connectivity index (χ1v) is 8.50. The number of nitrogens with zero attached hydrogens (tertiary/aromatic N) is 3. The van der Waals surface area contributed by atoms with E-state index in [1.165, 1.54) is 0 Å². The van der Waals surface area contributed by atoms with Crippen LogP contribution in [0.2, 0.25) is 0 Å². The molecule has 1 N–H and O–H groups in total. The van der Waals surface area contributed by atoms with Gasteiger partial charge in [0, 0.05) is 43.9 Å². The van der Waals surface area contributed by atoms with Crippen molar-refractivity contribution in [3.05, 3.63) is 65.5 Å². The number of hydrogen-bond acceptors (Lipinski definition) is 4. The molecule has 3 rings (SSSR count). The van der Waals surface area contributed by atoms with Gasteiger partial charge in [0.25, 0.3) is 5.91 Å². The highest BCUT2D eigenvalue weighted by atomic mass is 16.2. The largest absolute Gasteiger partial charge is 0.352 e.